The maximum Gasteiger partial charge on any atom is 0.260 e. The standard InChI is InChI=1S/C20H25N5O2/c1-20(2,3)16-7-17(23-12-22-16)24-8-13-10-25(11-14(13)9-24)19(27)15-5-4-6-21-18(15)26/h4-7,12-14H,8-11H2,1-3H3,(H,21,26). The molecule has 0 bridgehead atoms. The number of carbonyl (C=O) groups is 1. The number of H-pyrrole nitrogens is 1. The van der Waals surface area contributed by atoms with E-state index in [0.29, 0.717) is 24.9 Å². The second kappa shape index (κ2) is 6.48. The Morgan fingerprint density at radius 1 is 1.15 bits per heavy atom. The number of pyridine rings is 1. The van der Waals surface area contributed by atoms with Crippen LogP contribution in [0.2, 0.25) is 0 Å². The Morgan fingerprint density at radius 3 is 2.48 bits per heavy atom. The average molecular weight is 367 g/mol. The van der Waals surface area contributed by atoms with Gasteiger partial charge in [0.15, 0.2) is 0 Å². The lowest BCUT2D eigenvalue weighted by Crippen LogP contribution is -2.36. The summed E-state index contributed by atoms with van der Waals surface area (Å²) in [7, 11) is 0. The van der Waals surface area contributed by atoms with Crippen LogP contribution in [0.15, 0.2) is 35.5 Å². The SMILES string of the molecule is CC(C)(C)c1cc(N2CC3CN(C(=O)c4ccc[nH]c4=O)CC3C2)ncn1. The highest BCUT2D eigenvalue weighted by atomic mass is 16.2. The lowest BCUT2D eigenvalue weighted by molar-refractivity contribution is 0.0781. The Labute approximate surface area is 158 Å². The lowest BCUT2D eigenvalue weighted by atomic mass is 9.92. The zero-order valence-corrected chi connectivity index (χ0v) is 16.0. The van der Waals surface area contributed by atoms with Crippen LogP contribution in [0.4, 0.5) is 5.82 Å². The fourth-order valence-corrected chi connectivity index (χ4v) is 4.04. The number of aromatic nitrogens is 3. The van der Waals surface area contributed by atoms with Gasteiger partial charge < -0.3 is 14.8 Å². The predicted molar refractivity (Wildman–Crippen MR) is 103 cm³/mol. The van der Waals surface area contributed by atoms with Crippen molar-refractivity contribution in [3.05, 3.63) is 52.3 Å². The Bertz CT molecular complexity index is 903. The summed E-state index contributed by atoms with van der Waals surface area (Å²) in [5, 5.41) is 0. The molecule has 2 aromatic heterocycles. The van der Waals surface area contributed by atoms with Crippen LogP contribution in [0, 0.1) is 11.8 Å². The molecular formula is C20H25N5O2. The molecule has 7 nitrogen and oxygen atoms in total. The lowest BCUT2D eigenvalue weighted by Gasteiger charge is -2.24. The van der Waals surface area contributed by atoms with E-state index in [-0.39, 0.29) is 22.4 Å². The van der Waals surface area contributed by atoms with Crippen molar-refractivity contribution in [2.45, 2.75) is 26.2 Å². The third-order valence-electron chi connectivity index (χ3n) is 5.57. The van der Waals surface area contributed by atoms with Crippen molar-refractivity contribution < 1.29 is 4.79 Å². The summed E-state index contributed by atoms with van der Waals surface area (Å²) < 4.78 is 0. The summed E-state index contributed by atoms with van der Waals surface area (Å²) in [4.78, 5) is 40.1. The monoisotopic (exact) mass is 367 g/mol. The Hall–Kier alpha value is -2.70. The summed E-state index contributed by atoms with van der Waals surface area (Å²) in [6.45, 7) is 9.56. The molecule has 2 atom stereocenters. The molecular weight excluding hydrogens is 342 g/mol. The largest absolute Gasteiger partial charge is 0.356 e. The van der Waals surface area contributed by atoms with Crippen LogP contribution in [0.3, 0.4) is 0 Å². The summed E-state index contributed by atoms with van der Waals surface area (Å²) in [5.74, 6) is 1.60. The molecule has 0 spiro atoms. The molecule has 4 heterocycles. The zero-order chi connectivity index (χ0) is 19.2. The van der Waals surface area contributed by atoms with Crippen molar-refractivity contribution in [2.75, 3.05) is 31.1 Å². The van der Waals surface area contributed by atoms with Gasteiger partial charge in [0.2, 0.25) is 0 Å². The molecule has 0 aromatic carbocycles. The zero-order valence-electron chi connectivity index (χ0n) is 16.0. The number of aromatic amines is 1. The Balaban J connectivity index is 1.45. The fourth-order valence-electron chi connectivity index (χ4n) is 4.04. The van der Waals surface area contributed by atoms with E-state index in [9.17, 15) is 9.59 Å². The van der Waals surface area contributed by atoms with Crippen LogP contribution in [0.5, 0.6) is 0 Å². The van der Waals surface area contributed by atoms with Gasteiger partial charge in [0.25, 0.3) is 11.5 Å². The first kappa shape index (κ1) is 17.7. The van der Waals surface area contributed by atoms with Crippen molar-refractivity contribution in [1.29, 1.82) is 0 Å². The van der Waals surface area contributed by atoms with Crippen LogP contribution in [-0.2, 0) is 5.41 Å². The van der Waals surface area contributed by atoms with E-state index >= 15 is 0 Å². The fraction of sp³-hybridized carbons (Fsp3) is 0.500. The molecule has 2 saturated heterocycles. The minimum absolute atomic E-state index is 0.0146. The molecule has 0 radical (unpaired) electrons. The second-order valence-corrected chi connectivity index (χ2v) is 8.56. The van der Waals surface area contributed by atoms with Crippen molar-refractivity contribution in [3.63, 3.8) is 0 Å². The number of carbonyl (C=O) groups excluding carboxylic acids is 1. The van der Waals surface area contributed by atoms with Gasteiger partial charge in [-0.2, -0.15) is 0 Å². The number of hydrogen-bond acceptors (Lipinski definition) is 5. The van der Waals surface area contributed by atoms with E-state index in [0.717, 1.165) is 24.6 Å². The molecule has 7 heteroatoms. The number of nitrogens with one attached hydrogen (secondary N) is 1. The summed E-state index contributed by atoms with van der Waals surface area (Å²) in [6.07, 6.45) is 3.19. The van der Waals surface area contributed by atoms with Gasteiger partial charge >= 0.3 is 0 Å². The van der Waals surface area contributed by atoms with E-state index in [4.69, 9.17) is 0 Å². The van der Waals surface area contributed by atoms with Gasteiger partial charge in [-0.05, 0) is 12.1 Å². The van der Waals surface area contributed by atoms with Crippen molar-refractivity contribution >= 4 is 11.7 Å². The molecule has 2 aliphatic rings. The normalized spacial score (nSPS) is 22.2. The summed E-state index contributed by atoms with van der Waals surface area (Å²) in [5.41, 5.74) is 0.917. The van der Waals surface area contributed by atoms with Crippen LogP contribution in [0.25, 0.3) is 0 Å². The number of fused-ring (bicyclic) bond motifs is 1. The molecule has 142 valence electrons. The van der Waals surface area contributed by atoms with Crippen molar-refractivity contribution in [3.8, 4) is 0 Å². The Kier molecular flexibility index (Phi) is 4.25. The maximum atomic E-state index is 12.7. The molecule has 0 aliphatic carbocycles. The van der Waals surface area contributed by atoms with Crippen molar-refractivity contribution in [2.24, 2.45) is 11.8 Å². The number of rotatable bonds is 2. The number of hydrogen-bond donors (Lipinski definition) is 1. The topological polar surface area (TPSA) is 82.2 Å². The highest BCUT2D eigenvalue weighted by molar-refractivity contribution is 5.94. The number of amides is 1. The van der Waals surface area contributed by atoms with E-state index in [1.54, 1.807) is 24.7 Å². The third-order valence-corrected chi connectivity index (χ3v) is 5.57. The number of nitrogens with zero attached hydrogens (tertiary/aromatic N) is 4. The van der Waals surface area contributed by atoms with Gasteiger partial charge in [-0.15, -0.1) is 0 Å². The molecule has 27 heavy (non-hydrogen) atoms. The first-order chi connectivity index (χ1) is 12.8. The highest BCUT2D eigenvalue weighted by Crippen LogP contribution is 2.34. The summed E-state index contributed by atoms with van der Waals surface area (Å²) >= 11 is 0. The van der Waals surface area contributed by atoms with Gasteiger partial charge in [-0.1, -0.05) is 20.8 Å². The molecule has 1 N–H and O–H groups in total. The minimum atomic E-state index is -0.322. The molecule has 2 aliphatic heterocycles. The van der Waals surface area contributed by atoms with Gasteiger partial charge in [0.05, 0.1) is 5.69 Å². The average Bonchev–Trinajstić information content (AvgIpc) is 3.20. The van der Waals surface area contributed by atoms with Gasteiger partial charge in [0.1, 0.15) is 17.7 Å². The molecule has 0 saturated carbocycles. The van der Waals surface area contributed by atoms with Gasteiger partial charge in [-0.3, -0.25) is 9.59 Å². The first-order valence-corrected chi connectivity index (χ1v) is 9.37. The predicted octanol–water partition coefficient (Wildman–Crippen LogP) is 1.67. The van der Waals surface area contributed by atoms with Gasteiger partial charge in [0, 0.05) is 55.7 Å². The van der Waals surface area contributed by atoms with Crippen LogP contribution < -0.4 is 10.5 Å². The molecule has 2 aromatic rings. The van der Waals surface area contributed by atoms with Crippen LogP contribution >= 0.6 is 0 Å². The maximum absolute atomic E-state index is 12.7. The van der Waals surface area contributed by atoms with Gasteiger partial charge in [-0.25, -0.2) is 9.97 Å². The van der Waals surface area contributed by atoms with Crippen LogP contribution in [0.1, 0.15) is 36.8 Å². The minimum Gasteiger partial charge on any atom is -0.356 e. The second-order valence-electron chi connectivity index (χ2n) is 8.56. The molecule has 4 rings (SSSR count). The van der Waals surface area contributed by atoms with E-state index in [1.807, 2.05) is 4.90 Å². The number of anilines is 1. The van der Waals surface area contributed by atoms with E-state index < -0.39 is 0 Å². The molecule has 1 amide bonds. The quantitative estimate of drug-likeness (QED) is 0.873. The van der Waals surface area contributed by atoms with Crippen molar-refractivity contribution in [1.82, 2.24) is 19.9 Å². The smallest absolute Gasteiger partial charge is 0.260 e. The molecule has 2 fully saturated rings. The molecule has 2 unspecified atom stereocenters. The van der Waals surface area contributed by atoms with E-state index in [1.165, 1.54) is 0 Å². The third kappa shape index (κ3) is 3.34. The van der Waals surface area contributed by atoms with Crippen LogP contribution in [-0.4, -0.2) is 51.9 Å². The first-order valence-electron chi connectivity index (χ1n) is 9.37. The summed E-state index contributed by atoms with van der Waals surface area (Å²) in [6, 6.07) is 5.36. The van der Waals surface area contributed by atoms with E-state index in [2.05, 4.69) is 46.7 Å². The highest BCUT2D eigenvalue weighted by Gasteiger charge is 2.42. The Morgan fingerprint density at radius 2 is 1.85 bits per heavy atom. The number of likely N-dealkylation sites (tertiary alicyclic amines) is 1.